The van der Waals surface area contributed by atoms with E-state index in [-0.39, 0.29) is 5.82 Å². The Kier molecular flexibility index (Phi) is 2.83. The average molecular weight is 256 g/mol. The summed E-state index contributed by atoms with van der Waals surface area (Å²) in [6.07, 6.45) is 1.82. The molecule has 0 amide bonds. The highest BCUT2D eigenvalue weighted by Gasteiger charge is 2.05. The molecule has 0 bridgehead atoms. The lowest BCUT2D eigenvalue weighted by Crippen LogP contribution is -1.90. The molecule has 1 aromatic heterocycles. The number of nitrogens with one attached hydrogen (secondary N) is 2. The number of anilines is 2. The Morgan fingerprint density at radius 3 is 2.89 bits per heavy atom. The van der Waals surface area contributed by atoms with Crippen LogP contribution in [-0.4, -0.2) is 12.1 Å². The molecule has 2 aromatic carbocycles. The van der Waals surface area contributed by atoms with Gasteiger partial charge in [-0.25, -0.2) is 4.39 Å². The maximum atomic E-state index is 13.1. The van der Waals surface area contributed by atoms with E-state index < -0.39 is 0 Å². The van der Waals surface area contributed by atoms with Gasteiger partial charge in [-0.2, -0.15) is 0 Å². The third kappa shape index (κ3) is 2.25. The highest BCUT2D eigenvalue weighted by Crippen LogP contribution is 2.28. The monoisotopic (exact) mass is 256 g/mol. The van der Waals surface area contributed by atoms with Crippen LogP contribution in [0.2, 0.25) is 0 Å². The minimum absolute atomic E-state index is 0.248. The number of rotatable bonds is 3. The number of H-pyrrole nitrogens is 1. The maximum absolute atomic E-state index is 13.1. The van der Waals surface area contributed by atoms with Crippen LogP contribution in [0.15, 0.2) is 48.7 Å². The molecule has 0 aliphatic rings. The van der Waals surface area contributed by atoms with Crippen LogP contribution < -0.4 is 10.1 Å². The van der Waals surface area contributed by atoms with Crippen LogP contribution in [0.1, 0.15) is 0 Å². The predicted octanol–water partition coefficient (Wildman–Crippen LogP) is 4.06. The SMILES string of the molecule is COc1cccc(Nc2c[nH]c3cc(F)ccc23)c1. The molecule has 19 heavy (non-hydrogen) atoms. The molecule has 0 aliphatic heterocycles. The molecule has 3 aromatic rings. The Morgan fingerprint density at radius 1 is 1.16 bits per heavy atom. The fraction of sp³-hybridized carbons (Fsp3) is 0.0667. The van der Waals surface area contributed by atoms with Crippen LogP contribution in [0.3, 0.4) is 0 Å². The van der Waals surface area contributed by atoms with Gasteiger partial charge in [0.05, 0.1) is 18.3 Å². The van der Waals surface area contributed by atoms with Crippen molar-refractivity contribution in [3.05, 3.63) is 54.5 Å². The highest BCUT2D eigenvalue weighted by molar-refractivity contribution is 5.94. The summed E-state index contributed by atoms with van der Waals surface area (Å²) in [5.41, 5.74) is 2.60. The van der Waals surface area contributed by atoms with E-state index in [0.717, 1.165) is 28.0 Å². The topological polar surface area (TPSA) is 37.0 Å². The molecule has 0 saturated heterocycles. The number of aromatic nitrogens is 1. The van der Waals surface area contributed by atoms with Gasteiger partial charge in [0.1, 0.15) is 11.6 Å². The van der Waals surface area contributed by atoms with Crippen molar-refractivity contribution in [2.24, 2.45) is 0 Å². The van der Waals surface area contributed by atoms with Crippen molar-refractivity contribution < 1.29 is 9.13 Å². The Morgan fingerprint density at radius 2 is 2.05 bits per heavy atom. The quantitative estimate of drug-likeness (QED) is 0.741. The van der Waals surface area contributed by atoms with E-state index in [1.165, 1.54) is 12.1 Å². The van der Waals surface area contributed by atoms with Gasteiger partial charge in [-0.15, -0.1) is 0 Å². The number of hydrogen-bond acceptors (Lipinski definition) is 2. The lowest BCUT2D eigenvalue weighted by molar-refractivity contribution is 0.415. The number of benzene rings is 2. The number of methoxy groups -OCH3 is 1. The van der Waals surface area contributed by atoms with Gasteiger partial charge < -0.3 is 15.0 Å². The molecule has 4 heteroatoms. The van der Waals surface area contributed by atoms with E-state index in [1.807, 2.05) is 30.5 Å². The van der Waals surface area contributed by atoms with Crippen molar-refractivity contribution in [3.63, 3.8) is 0 Å². The van der Waals surface area contributed by atoms with E-state index in [2.05, 4.69) is 10.3 Å². The van der Waals surface area contributed by atoms with Crippen LogP contribution >= 0.6 is 0 Å². The van der Waals surface area contributed by atoms with E-state index in [1.54, 1.807) is 13.2 Å². The first-order valence-corrected chi connectivity index (χ1v) is 5.94. The number of halogens is 1. The molecule has 0 fully saturated rings. The number of ether oxygens (including phenoxy) is 1. The van der Waals surface area contributed by atoms with E-state index in [9.17, 15) is 4.39 Å². The third-order valence-corrected chi connectivity index (χ3v) is 2.99. The molecule has 0 aliphatic carbocycles. The van der Waals surface area contributed by atoms with Gasteiger partial charge in [-0.05, 0) is 30.3 Å². The van der Waals surface area contributed by atoms with Crippen LogP contribution in [-0.2, 0) is 0 Å². The summed E-state index contributed by atoms with van der Waals surface area (Å²) in [6.45, 7) is 0. The van der Waals surface area contributed by atoms with Crippen LogP contribution in [0.5, 0.6) is 5.75 Å². The molecule has 3 nitrogen and oxygen atoms in total. The minimum atomic E-state index is -0.248. The Bertz CT molecular complexity index is 721. The molecule has 0 spiro atoms. The van der Waals surface area contributed by atoms with Crippen LogP contribution in [0.4, 0.5) is 15.8 Å². The molecular formula is C15H13FN2O. The van der Waals surface area contributed by atoms with Crippen molar-refractivity contribution in [1.29, 1.82) is 0 Å². The molecular weight excluding hydrogens is 243 g/mol. The van der Waals surface area contributed by atoms with E-state index in [4.69, 9.17) is 4.74 Å². The zero-order valence-electron chi connectivity index (χ0n) is 10.4. The van der Waals surface area contributed by atoms with Crippen molar-refractivity contribution in [1.82, 2.24) is 4.98 Å². The van der Waals surface area contributed by atoms with Gasteiger partial charge in [-0.3, -0.25) is 0 Å². The maximum Gasteiger partial charge on any atom is 0.125 e. The smallest absolute Gasteiger partial charge is 0.125 e. The van der Waals surface area contributed by atoms with Crippen molar-refractivity contribution in [2.75, 3.05) is 12.4 Å². The summed E-state index contributed by atoms with van der Waals surface area (Å²) in [6, 6.07) is 12.3. The second-order valence-electron chi connectivity index (χ2n) is 4.25. The zero-order chi connectivity index (χ0) is 13.2. The lowest BCUT2D eigenvalue weighted by Gasteiger charge is -2.06. The normalized spacial score (nSPS) is 10.6. The van der Waals surface area contributed by atoms with Crippen molar-refractivity contribution >= 4 is 22.3 Å². The summed E-state index contributed by atoms with van der Waals surface area (Å²) in [4.78, 5) is 3.04. The highest BCUT2D eigenvalue weighted by atomic mass is 19.1. The number of hydrogen-bond donors (Lipinski definition) is 2. The summed E-state index contributed by atoms with van der Waals surface area (Å²) < 4.78 is 18.3. The molecule has 2 N–H and O–H groups in total. The molecule has 3 rings (SSSR count). The number of fused-ring (bicyclic) bond motifs is 1. The van der Waals surface area contributed by atoms with Gasteiger partial charge in [0, 0.05) is 23.3 Å². The van der Waals surface area contributed by atoms with Crippen LogP contribution in [0.25, 0.3) is 10.9 Å². The molecule has 0 saturated carbocycles. The van der Waals surface area contributed by atoms with E-state index >= 15 is 0 Å². The Labute approximate surface area is 110 Å². The fourth-order valence-electron chi connectivity index (χ4n) is 2.06. The largest absolute Gasteiger partial charge is 0.497 e. The van der Waals surface area contributed by atoms with Gasteiger partial charge in [0.25, 0.3) is 0 Å². The number of aromatic amines is 1. The van der Waals surface area contributed by atoms with Gasteiger partial charge >= 0.3 is 0 Å². The Balaban J connectivity index is 1.96. The zero-order valence-corrected chi connectivity index (χ0v) is 10.4. The summed E-state index contributed by atoms with van der Waals surface area (Å²) >= 11 is 0. The summed E-state index contributed by atoms with van der Waals surface area (Å²) in [5.74, 6) is 0.540. The molecule has 1 heterocycles. The van der Waals surface area contributed by atoms with E-state index in [0.29, 0.717) is 0 Å². The molecule has 0 radical (unpaired) electrons. The van der Waals surface area contributed by atoms with Crippen molar-refractivity contribution in [3.8, 4) is 5.75 Å². The first kappa shape index (κ1) is 11.6. The second kappa shape index (κ2) is 4.65. The minimum Gasteiger partial charge on any atom is -0.497 e. The molecule has 0 unspecified atom stereocenters. The fourth-order valence-corrected chi connectivity index (χ4v) is 2.06. The Hall–Kier alpha value is -2.49. The molecule has 96 valence electrons. The first-order valence-electron chi connectivity index (χ1n) is 5.94. The first-order chi connectivity index (χ1) is 9.26. The average Bonchev–Trinajstić information content (AvgIpc) is 2.81. The molecule has 0 atom stereocenters. The third-order valence-electron chi connectivity index (χ3n) is 2.99. The van der Waals surface area contributed by atoms with Gasteiger partial charge in [0.15, 0.2) is 0 Å². The second-order valence-corrected chi connectivity index (χ2v) is 4.25. The van der Waals surface area contributed by atoms with Gasteiger partial charge in [-0.1, -0.05) is 6.07 Å². The van der Waals surface area contributed by atoms with Crippen molar-refractivity contribution in [2.45, 2.75) is 0 Å². The summed E-state index contributed by atoms with van der Waals surface area (Å²) in [5, 5.41) is 4.24. The standard InChI is InChI=1S/C15H13FN2O/c1-19-12-4-2-3-11(8-12)18-15-9-17-14-7-10(16)5-6-13(14)15/h2-9,17-18H,1H3. The summed E-state index contributed by atoms with van der Waals surface area (Å²) in [7, 11) is 1.63. The predicted molar refractivity (Wildman–Crippen MR) is 74.5 cm³/mol. The van der Waals surface area contributed by atoms with Crippen LogP contribution in [0, 0.1) is 5.82 Å². The lowest BCUT2D eigenvalue weighted by atomic mass is 10.2. The van der Waals surface area contributed by atoms with Gasteiger partial charge in [0.2, 0.25) is 0 Å².